The lowest BCUT2D eigenvalue weighted by Crippen LogP contribution is -2.07. The van der Waals surface area contributed by atoms with E-state index in [1.807, 2.05) is 51.1 Å². The number of benzene rings is 2. The minimum Gasteiger partial charge on any atom is -0.342 e. The van der Waals surface area contributed by atoms with Crippen molar-refractivity contribution in [3.05, 3.63) is 65.9 Å². The number of hydrogen-bond acceptors (Lipinski definition) is 1. The predicted octanol–water partition coefficient (Wildman–Crippen LogP) is 5.53. The zero-order valence-electron chi connectivity index (χ0n) is 13.0. The molecule has 112 valence electrons. The second-order valence-corrected chi connectivity index (χ2v) is 6.92. The first kappa shape index (κ1) is 14.9. The van der Waals surface area contributed by atoms with Gasteiger partial charge in [0.2, 0.25) is 0 Å². The number of aryl methyl sites for hydroxylation is 1. The summed E-state index contributed by atoms with van der Waals surface area (Å²) in [6.07, 6.45) is 0. The number of hydrogen-bond donors (Lipinski definition) is 1. The smallest absolute Gasteiger partial charge is 0.138 e. The SMILES string of the molecule is Cc1[nH]c(-c2cccc(C(C)(C)Cl)c2)nc1-c1ccccc1. The van der Waals surface area contributed by atoms with Gasteiger partial charge in [0.1, 0.15) is 5.82 Å². The molecule has 1 N–H and O–H groups in total. The first-order valence-corrected chi connectivity index (χ1v) is 7.75. The molecule has 0 saturated carbocycles. The second kappa shape index (κ2) is 5.62. The van der Waals surface area contributed by atoms with Crippen LogP contribution in [0, 0.1) is 6.92 Å². The number of rotatable bonds is 3. The second-order valence-electron chi connectivity index (χ2n) is 5.98. The van der Waals surface area contributed by atoms with Crippen molar-refractivity contribution in [2.75, 3.05) is 0 Å². The van der Waals surface area contributed by atoms with E-state index in [2.05, 4.69) is 29.2 Å². The van der Waals surface area contributed by atoms with E-state index in [9.17, 15) is 0 Å². The van der Waals surface area contributed by atoms with Crippen LogP contribution in [0.3, 0.4) is 0 Å². The molecule has 0 radical (unpaired) electrons. The molecule has 3 aromatic rings. The number of nitrogens with zero attached hydrogens (tertiary/aromatic N) is 1. The molecule has 2 aromatic carbocycles. The summed E-state index contributed by atoms with van der Waals surface area (Å²) in [4.78, 5) is 7.77. The lowest BCUT2D eigenvalue weighted by atomic mass is 10.00. The Labute approximate surface area is 136 Å². The summed E-state index contributed by atoms with van der Waals surface area (Å²) in [6.45, 7) is 6.04. The highest BCUT2D eigenvalue weighted by atomic mass is 35.5. The third-order valence-corrected chi connectivity index (χ3v) is 3.97. The van der Waals surface area contributed by atoms with E-state index >= 15 is 0 Å². The Kier molecular flexibility index (Phi) is 3.79. The van der Waals surface area contributed by atoms with Gasteiger partial charge in [-0.2, -0.15) is 0 Å². The van der Waals surface area contributed by atoms with Gasteiger partial charge in [-0.1, -0.05) is 48.5 Å². The third-order valence-electron chi connectivity index (χ3n) is 3.75. The van der Waals surface area contributed by atoms with Gasteiger partial charge >= 0.3 is 0 Å². The van der Waals surface area contributed by atoms with Gasteiger partial charge in [-0.25, -0.2) is 4.98 Å². The molecule has 3 heteroatoms. The molecule has 0 atom stereocenters. The van der Waals surface area contributed by atoms with Crippen LogP contribution in [0.4, 0.5) is 0 Å². The Morgan fingerprint density at radius 1 is 0.955 bits per heavy atom. The van der Waals surface area contributed by atoms with Crippen LogP contribution in [-0.4, -0.2) is 9.97 Å². The first-order chi connectivity index (χ1) is 10.4. The van der Waals surface area contributed by atoms with Crippen LogP contribution in [0.1, 0.15) is 25.1 Å². The average Bonchev–Trinajstić information content (AvgIpc) is 2.89. The average molecular weight is 311 g/mol. The lowest BCUT2D eigenvalue weighted by Gasteiger charge is -2.16. The van der Waals surface area contributed by atoms with Crippen LogP contribution in [0.2, 0.25) is 0 Å². The number of aromatic nitrogens is 2. The topological polar surface area (TPSA) is 28.7 Å². The van der Waals surface area contributed by atoms with Crippen molar-refractivity contribution in [3.63, 3.8) is 0 Å². The molecule has 2 nitrogen and oxygen atoms in total. The van der Waals surface area contributed by atoms with Crippen molar-refractivity contribution in [1.82, 2.24) is 9.97 Å². The highest BCUT2D eigenvalue weighted by molar-refractivity contribution is 6.23. The number of aromatic amines is 1. The number of alkyl halides is 1. The molecule has 0 fully saturated rings. The van der Waals surface area contributed by atoms with Gasteiger partial charge in [-0.3, -0.25) is 0 Å². The quantitative estimate of drug-likeness (QED) is 0.633. The summed E-state index contributed by atoms with van der Waals surface area (Å²) >= 11 is 6.42. The molecule has 1 aromatic heterocycles. The fourth-order valence-corrected chi connectivity index (χ4v) is 2.63. The van der Waals surface area contributed by atoms with Gasteiger partial charge in [0.15, 0.2) is 0 Å². The molecule has 0 bridgehead atoms. The molecular weight excluding hydrogens is 292 g/mol. The van der Waals surface area contributed by atoms with Crippen LogP contribution < -0.4 is 0 Å². The highest BCUT2D eigenvalue weighted by Crippen LogP contribution is 2.31. The van der Waals surface area contributed by atoms with E-state index in [1.54, 1.807) is 0 Å². The summed E-state index contributed by atoms with van der Waals surface area (Å²) in [6, 6.07) is 18.4. The van der Waals surface area contributed by atoms with Gasteiger partial charge in [0.05, 0.1) is 10.6 Å². The van der Waals surface area contributed by atoms with Crippen molar-refractivity contribution in [1.29, 1.82) is 0 Å². The molecule has 0 aliphatic rings. The van der Waals surface area contributed by atoms with Crippen molar-refractivity contribution < 1.29 is 0 Å². The van der Waals surface area contributed by atoms with Crippen LogP contribution in [-0.2, 0) is 4.87 Å². The normalized spacial score (nSPS) is 11.6. The molecule has 0 aliphatic carbocycles. The maximum atomic E-state index is 6.42. The van der Waals surface area contributed by atoms with Gasteiger partial charge in [-0.15, -0.1) is 11.6 Å². The number of halogens is 1. The maximum Gasteiger partial charge on any atom is 0.138 e. The Hall–Kier alpha value is -2.06. The fourth-order valence-electron chi connectivity index (χ4n) is 2.51. The van der Waals surface area contributed by atoms with E-state index in [0.717, 1.165) is 33.9 Å². The van der Waals surface area contributed by atoms with Gasteiger partial charge in [-0.05, 0) is 32.4 Å². The van der Waals surface area contributed by atoms with Crippen LogP contribution >= 0.6 is 11.6 Å². The van der Waals surface area contributed by atoms with Gasteiger partial charge < -0.3 is 4.98 Å². The van der Waals surface area contributed by atoms with E-state index in [-0.39, 0.29) is 4.87 Å². The Bertz CT molecular complexity index is 783. The van der Waals surface area contributed by atoms with Crippen LogP contribution in [0.15, 0.2) is 54.6 Å². The van der Waals surface area contributed by atoms with E-state index < -0.39 is 0 Å². The first-order valence-electron chi connectivity index (χ1n) is 7.37. The molecular formula is C19H19ClN2. The van der Waals surface area contributed by atoms with Gasteiger partial charge in [0, 0.05) is 16.8 Å². The minimum atomic E-state index is -0.389. The lowest BCUT2D eigenvalue weighted by molar-refractivity contribution is 0.766. The monoisotopic (exact) mass is 310 g/mol. The Balaban J connectivity index is 2.04. The van der Waals surface area contributed by atoms with Crippen molar-refractivity contribution in [2.24, 2.45) is 0 Å². The minimum absolute atomic E-state index is 0.389. The molecule has 0 spiro atoms. The third kappa shape index (κ3) is 2.93. The number of nitrogens with one attached hydrogen (secondary N) is 1. The summed E-state index contributed by atoms with van der Waals surface area (Å²) in [5.74, 6) is 0.874. The van der Waals surface area contributed by atoms with E-state index in [0.29, 0.717) is 0 Å². The zero-order chi connectivity index (χ0) is 15.7. The molecule has 0 amide bonds. The van der Waals surface area contributed by atoms with Crippen LogP contribution in [0.5, 0.6) is 0 Å². The summed E-state index contributed by atoms with van der Waals surface area (Å²) in [5.41, 5.74) is 5.32. The van der Waals surface area contributed by atoms with Crippen molar-refractivity contribution in [2.45, 2.75) is 25.6 Å². The predicted molar refractivity (Wildman–Crippen MR) is 93.1 cm³/mol. The number of H-pyrrole nitrogens is 1. The summed E-state index contributed by atoms with van der Waals surface area (Å²) in [7, 11) is 0. The molecule has 3 rings (SSSR count). The largest absolute Gasteiger partial charge is 0.342 e. The van der Waals surface area contributed by atoms with Crippen molar-refractivity contribution in [3.8, 4) is 22.6 Å². The zero-order valence-corrected chi connectivity index (χ0v) is 13.8. The highest BCUT2D eigenvalue weighted by Gasteiger charge is 2.18. The van der Waals surface area contributed by atoms with E-state index in [4.69, 9.17) is 16.6 Å². The van der Waals surface area contributed by atoms with E-state index in [1.165, 1.54) is 0 Å². The fraction of sp³-hybridized carbons (Fsp3) is 0.211. The molecule has 0 unspecified atom stereocenters. The molecule has 22 heavy (non-hydrogen) atoms. The molecule has 0 aliphatic heterocycles. The van der Waals surface area contributed by atoms with Crippen molar-refractivity contribution >= 4 is 11.6 Å². The summed E-state index contributed by atoms with van der Waals surface area (Å²) in [5, 5.41) is 0. The number of imidazole rings is 1. The van der Waals surface area contributed by atoms with Crippen LogP contribution in [0.25, 0.3) is 22.6 Å². The molecule has 0 saturated heterocycles. The summed E-state index contributed by atoms with van der Waals surface area (Å²) < 4.78 is 0. The standard InChI is InChI=1S/C19H19ClN2/c1-13-17(14-8-5-4-6-9-14)22-18(21-13)15-10-7-11-16(12-15)19(2,3)20/h4-12H,1-3H3,(H,21,22). The molecule has 1 heterocycles. The Morgan fingerprint density at radius 3 is 2.32 bits per heavy atom. The maximum absolute atomic E-state index is 6.42. The van der Waals surface area contributed by atoms with Gasteiger partial charge in [0.25, 0.3) is 0 Å². The Morgan fingerprint density at radius 2 is 1.64 bits per heavy atom.